The van der Waals surface area contributed by atoms with E-state index in [2.05, 4.69) is 96.7 Å². The molecule has 0 saturated heterocycles. The number of nitrogens with zero attached hydrogens (tertiary/aromatic N) is 1. The summed E-state index contributed by atoms with van der Waals surface area (Å²) in [5.41, 5.74) is 1.25. The van der Waals surface area contributed by atoms with Crippen LogP contribution in [0.2, 0.25) is 0 Å². The van der Waals surface area contributed by atoms with Gasteiger partial charge in [0.1, 0.15) is 0 Å². The van der Waals surface area contributed by atoms with Crippen molar-refractivity contribution in [3.8, 4) is 5.75 Å². The topological polar surface area (TPSA) is 13.1 Å². The fourth-order valence-corrected chi connectivity index (χ4v) is 4.89. The zero-order valence-electron chi connectivity index (χ0n) is 8.79. The number of pyridine rings is 1. The number of ether oxygens (including phenoxy) is 1. The van der Waals surface area contributed by atoms with E-state index in [1.165, 1.54) is 18.0 Å². The van der Waals surface area contributed by atoms with E-state index in [0.29, 0.717) is 6.04 Å². The van der Waals surface area contributed by atoms with Crippen LogP contribution >= 0.6 is 67.8 Å². The Balaban J connectivity index is 2.43. The van der Waals surface area contributed by atoms with Gasteiger partial charge in [-0.25, -0.2) is 0 Å². The van der Waals surface area contributed by atoms with Crippen LogP contribution in [0.15, 0.2) is 24.4 Å². The van der Waals surface area contributed by atoms with Gasteiger partial charge in [-0.2, -0.15) is 4.57 Å². The highest BCUT2D eigenvalue weighted by atomic mass is 127. The number of hydrogen-bond acceptors (Lipinski definition) is 1. The summed E-state index contributed by atoms with van der Waals surface area (Å²) in [6.07, 6.45) is 2.17. The van der Waals surface area contributed by atoms with Crippen molar-refractivity contribution >= 4 is 78.7 Å². The molecule has 0 amide bonds. The van der Waals surface area contributed by atoms with E-state index in [-0.39, 0.29) is 0 Å². The van der Waals surface area contributed by atoms with Crippen molar-refractivity contribution in [2.75, 3.05) is 11.0 Å². The van der Waals surface area contributed by atoms with Crippen molar-refractivity contribution in [1.82, 2.24) is 0 Å². The molecule has 3 rings (SSSR count). The fraction of sp³-hybridized carbons (Fsp3) is 0.250. The van der Waals surface area contributed by atoms with Crippen LogP contribution < -0.4 is 9.30 Å². The van der Waals surface area contributed by atoms with Gasteiger partial charge in [-0.3, -0.25) is 0 Å². The Bertz CT molecular complexity index is 600. The maximum atomic E-state index is 5.95. The zero-order valence-corrected chi connectivity index (χ0v) is 15.3. The Morgan fingerprint density at radius 1 is 1.35 bits per heavy atom. The first-order valence-electron chi connectivity index (χ1n) is 5.23. The van der Waals surface area contributed by atoms with Gasteiger partial charge in [0.2, 0.25) is 11.8 Å². The van der Waals surface area contributed by atoms with Crippen LogP contribution in [0.4, 0.5) is 0 Å². The normalized spacial score (nSPS) is 18.2. The zero-order chi connectivity index (χ0) is 12.0. The van der Waals surface area contributed by atoms with Crippen molar-refractivity contribution in [2.45, 2.75) is 6.04 Å². The molecule has 17 heavy (non-hydrogen) atoms. The van der Waals surface area contributed by atoms with Gasteiger partial charge in [-0.15, -0.1) is 0 Å². The van der Waals surface area contributed by atoms with Gasteiger partial charge in [-0.05, 0) is 57.3 Å². The maximum Gasteiger partial charge on any atom is 0.257 e. The Morgan fingerprint density at radius 2 is 2.18 bits per heavy atom. The molecular weight excluding hydrogens is 555 g/mol. The number of halogens is 3. The third-order valence-electron chi connectivity index (χ3n) is 2.96. The smallest absolute Gasteiger partial charge is 0.257 e. The van der Waals surface area contributed by atoms with Gasteiger partial charge < -0.3 is 4.74 Å². The summed E-state index contributed by atoms with van der Waals surface area (Å²) in [7, 11) is 0. The molecule has 1 unspecified atom stereocenters. The molecule has 88 valence electrons. The number of aromatic nitrogens is 1. The summed E-state index contributed by atoms with van der Waals surface area (Å²) in [6.45, 7) is 0.774. The van der Waals surface area contributed by atoms with Gasteiger partial charge in [0.15, 0.2) is 12.8 Å². The average Bonchev–Trinajstić information content (AvgIpc) is 2.35. The molecule has 1 aromatic carbocycles. The lowest BCUT2D eigenvalue weighted by molar-refractivity contribution is -0.698. The summed E-state index contributed by atoms with van der Waals surface area (Å²) in [4.78, 5) is 0. The fourth-order valence-electron chi connectivity index (χ4n) is 2.14. The first kappa shape index (κ1) is 12.6. The molecule has 1 atom stereocenters. The molecule has 1 aliphatic heterocycles. The summed E-state index contributed by atoms with van der Waals surface area (Å²) in [5, 5.41) is 1.29. The van der Waals surface area contributed by atoms with Crippen molar-refractivity contribution in [2.24, 2.45) is 0 Å². The van der Waals surface area contributed by atoms with Crippen molar-refractivity contribution in [1.29, 1.82) is 0 Å². The highest BCUT2D eigenvalue weighted by Gasteiger charge is 2.31. The quantitative estimate of drug-likeness (QED) is 0.293. The van der Waals surface area contributed by atoms with Crippen LogP contribution in [0.5, 0.6) is 5.75 Å². The summed E-state index contributed by atoms with van der Waals surface area (Å²) in [6, 6.07) is 6.94. The molecule has 2 heterocycles. The van der Waals surface area contributed by atoms with Crippen LogP contribution in [0, 0.1) is 7.14 Å². The third-order valence-corrected chi connectivity index (χ3v) is 5.67. The molecule has 0 radical (unpaired) electrons. The molecule has 0 N–H and O–H groups in total. The Labute approximate surface area is 141 Å². The van der Waals surface area contributed by atoms with E-state index in [9.17, 15) is 0 Å². The predicted molar refractivity (Wildman–Crippen MR) is 93.0 cm³/mol. The highest BCUT2D eigenvalue weighted by Crippen LogP contribution is 2.35. The van der Waals surface area contributed by atoms with Gasteiger partial charge in [0, 0.05) is 9.64 Å². The van der Waals surface area contributed by atoms with Crippen molar-refractivity contribution < 1.29 is 9.30 Å². The second-order valence-electron chi connectivity index (χ2n) is 3.97. The summed E-state index contributed by atoms with van der Waals surface area (Å²) >= 11 is 7.19. The highest BCUT2D eigenvalue weighted by molar-refractivity contribution is 14.1. The molecule has 0 spiro atoms. The monoisotopic (exact) mass is 564 g/mol. The standard InChI is InChI=1S/C12H9I3NO/c13-5-7-6-17-12-10(15)4-9(14)8-2-1-3-16(7)11(8)12/h1-4,7H,5-6H2/q+1. The minimum absolute atomic E-state index is 0.445. The van der Waals surface area contributed by atoms with Crippen molar-refractivity contribution in [3.05, 3.63) is 31.5 Å². The number of alkyl halides is 1. The molecule has 2 aromatic rings. The molecular formula is C12H9I3NO+. The third kappa shape index (κ3) is 2.05. The van der Waals surface area contributed by atoms with Gasteiger partial charge >= 0.3 is 0 Å². The van der Waals surface area contributed by atoms with E-state index in [1.807, 2.05) is 0 Å². The van der Waals surface area contributed by atoms with Gasteiger partial charge in [-0.1, -0.05) is 22.6 Å². The lowest BCUT2D eigenvalue weighted by Gasteiger charge is -2.20. The number of benzene rings is 1. The second-order valence-corrected chi connectivity index (χ2v) is 7.17. The Hall–Kier alpha value is 0.620. The first-order valence-corrected chi connectivity index (χ1v) is 8.91. The van der Waals surface area contributed by atoms with E-state index >= 15 is 0 Å². The maximum absolute atomic E-state index is 5.95. The van der Waals surface area contributed by atoms with Crippen LogP contribution in [0.3, 0.4) is 0 Å². The average molecular weight is 564 g/mol. The van der Waals surface area contributed by atoms with E-state index in [1.54, 1.807) is 0 Å². The Morgan fingerprint density at radius 3 is 2.94 bits per heavy atom. The molecule has 0 fully saturated rings. The van der Waals surface area contributed by atoms with Crippen LogP contribution in [-0.2, 0) is 0 Å². The second kappa shape index (κ2) is 4.95. The van der Waals surface area contributed by atoms with Crippen LogP contribution in [0.1, 0.15) is 6.04 Å². The van der Waals surface area contributed by atoms with E-state index in [0.717, 1.165) is 16.8 Å². The summed E-state index contributed by atoms with van der Waals surface area (Å²) in [5.74, 6) is 1.04. The molecule has 1 aliphatic rings. The largest absolute Gasteiger partial charge is 0.479 e. The molecule has 1 aromatic heterocycles. The molecule has 2 nitrogen and oxygen atoms in total. The minimum atomic E-state index is 0.445. The number of hydrogen-bond donors (Lipinski definition) is 0. The van der Waals surface area contributed by atoms with E-state index in [4.69, 9.17) is 4.74 Å². The lowest BCUT2D eigenvalue weighted by Crippen LogP contribution is -2.47. The Kier molecular flexibility index (Phi) is 3.68. The lowest BCUT2D eigenvalue weighted by atomic mass is 10.1. The first-order chi connectivity index (χ1) is 8.22. The van der Waals surface area contributed by atoms with Crippen LogP contribution in [0.25, 0.3) is 10.9 Å². The molecule has 0 bridgehead atoms. The molecule has 0 aliphatic carbocycles. The van der Waals surface area contributed by atoms with E-state index < -0.39 is 0 Å². The van der Waals surface area contributed by atoms with Gasteiger partial charge in [0.05, 0.1) is 13.4 Å². The minimum Gasteiger partial charge on any atom is -0.479 e. The predicted octanol–water partition coefficient (Wildman–Crippen LogP) is 3.71. The molecule has 0 saturated carbocycles. The summed E-state index contributed by atoms with van der Waals surface area (Å²) < 4.78 is 11.9. The molecule has 5 heteroatoms. The van der Waals surface area contributed by atoms with Crippen LogP contribution in [-0.4, -0.2) is 11.0 Å². The van der Waals surface area contributed by atoms with Gasteiger partial charge in [0.25, 0.3) is 5.52 Å². The van der Waals surface area contributed by atoms with Crippen molar-refractivity contribution in [3.63, 3.8) is 0 Å². The number of rotatable bonds is 1. The SMILES string of the molecule is ICC1COc2c(I)cc(I)c3ccc[n+]1c23.